The lowest BCUT2D eigenvalue weighted by Gasteiger charge is -2.16. The van der Waals surface area contributed by atoms with Crippen LogP contribution in [0.3, 0.4) is 0 Å². The highest BCUT2D eigenvalue weighted by atomic mass is 16.5. The maximum atomic E-state index is 13.0. The van der Waals surface area contributed by atoms with Crippen molar-refractivity contribution in [1.29, 1.82) is 0 Å². The quantitative estimate of drug-likeness (QED) is 0.450. The van der Waals surface area contributed by atoms with Crippen LogP contribution in [0.5, 0.6) is 0 Å². The summed E-state index contributed by atoms with van der Waals surface area (Å²) in [5.74, 6) is -0.128. The van der Waals surface area contributed by atoms with Crippen molar-refractivity contribution in [2.75, 3.05) is 6.61 Å². The van der Waals surface area contributed by atoms with Gasteiger partial charge in [-0.2, -0.15) is 0 Å². The smallest absolute Gasteiger partial charge is 0.355 e. The molecule has 0 spiro atoms. The van der Waals surface area contributed by atoms with Gasteiger partial charge in [-0.3, -0.25) is 4.79 Å². The van der Waals surface area contributed by atoms with E-state index in [1.54, 1.807) is 6.92 Å². The van der Waals surface area contributed by atoms with Crippen LogP contribution in [0.2, 0.25) is 0 Å². The Morgan fingerprint density at radius 2 is 1.90 bits per heavy atom. The van der Waals surface area contributed by atoms with Gasteiger partial charge in [-0.25, -0.2) is 4.79 Å². The molecule has 0 bridgehead atoms. The topological polar surface area (TPSA) is 64.1 Å². The number of nitrogens with one attached hydrogen (secondary N) is 1. The highest BCUT2D eigenvalue weighted by molar-refractivity contribution is 6.15. The lowest BCUT2D eigenvalue weighted by atomic mass is 9.93. The monoisotopic (exact) mass is 414 g/mol. The lowest BCUT2D eigenvalue weighted by Crippen LogP contribution is -2.13. The fourth-order valence-corrected chi connectivity index (χ4v) is 5.17. The zero-order chi connectivity index (χ0) is 21.7. The molecule has 158 valence electrons. The van der Waals surface area contributed by atoms with Crippen LogP contribution in [0.25, 0.3) is 21.8 Å². The molecule has 1 aliphatic rings. The Morgan fingerprint density at radius 3 is 2.65 bits per heavy atom. The van der Waals surface area contributed by atoms with E-state index in [2.05, 4.69) is 34.7 Å². The first-order valence-corrected chi connectivity index (χ1v) is 10.9. The largest absolute Gasteiger partial charge is 0.461 e. The fourth-order valence-electron chi connectivity index (χ4n) is 5.17. The van der Waals surface area contributed by atoms with Gasteiger partial charge in [0.1, 0.15) is 5.69 Å². The Labute approximate surface area is 181 Å². The molecule has 31 heavy (non-hydrogen) atoms. The minimum absolute atomic E-state index is 0.214. The van der Waals surface area contributed by atoms with Crippen LogP contribution in [0.1, 0.15) is 63.0 Å². The number of esters is 1. The molecule has 5 rings (SSSR count). The molecule has 5 heteroatoms. The summed E-state index contributed by atoms with van der Waals surface area (Å²) in [6.45, 7) is 6.91. The summed E-state index contributed by atoms with van der Waals surface area (Å²) in [5.41, 5.74) is 7.64. The maximum absolute atomic E-state index is 13.0. The predicted octanol–water partition coefficient (Wildman–Crippen LogP) is 5.48. The Kier molecular flexibility index (Phi) is 4.69. The van der Waals surface area contributed by atoms with Gasteiger partial charge in [0.2, 0.25) is 0 Å². The average molecular weight is 415 g/mol. The van der Waals surface area contributed by atoms with Gasteiger partial charge < -0.3 is 14.3 Å². The number of Topliss-reactive ketones (excluding diaryl/α,β-unsaturated/α-hetero) is 1. The fraction of sp³-hybridized carbons (Fsp3) is 0.308. The van der Waals surface area contributed by atoms with E-state index in [0.717, 1.165) is 63.6 Å². The van der Waals surface area contributed by atoms with Crippen LogP contribution in [0.4, 0.5) is 0 Å². The zero-order valence-electron chi connectivity index (χ0n) is 18.2. The summed E-state index contributed by atoms with van der Waals surface area (Å²) in [7, 11) is 0. The minimum Gasteiger partial charge on any atom is -0.461 e. The van der Waals surface area contributed by atoms with E-state index in [1.807, 2.05) is 25.1 Å². The van der Waals surface area contributed by atoms with Gasteiger partial charge in [-0.05, 0) is 56.4 Å². The Morgan fingerprint density at radius 1 is 1.13 bits per heavy atom. The van der Waals surface area contributed by atoms with Crippen molar-refractivity contribution in [2.24, 2.45) is 0 Å². The van der Waals surface area contributed by atoms with Crippen molar-refractivity contribution < 1.29 is 14.3 Å². The molecule has 0 atom stereocenters. The molecular formula is C26H26N2O3. The number of hydrogen-bond donors (Lipinski definition) is 1. The molecule has 0 unspecified atom stereocenters. The van der Waals surface area contributed by atoms with E-state index in [1.165, 1.54) is 5.56 Å². The third-order valence-corrected chi connectivity index (χ3v) is 6.47. The number of benzene rings is 2. The predicted molar refractivity (Wildman–Crippen MR) is 122 cm³/mol. The van der Waals surface area contributed by atoms with Gasteiger partial charge in [0.05, 0.1) is 12.1 Å². The maximum Gasteiger partial charge on any atom is 0.355 e. The van der Waals surface area contributed by atoms with Crippen LogP contribution in [0, 0.1) is 13.8 Å². The summed E-state index contributed by atoms with van der Waals surface area (Å²) in [5, 5.41) is 2.02. The molecule has 4 aromatic rings. The molecule has 0 amide bonds. The number of aryl methyl sites for hydroxylation is 2. The van der Waals surface area contributed by atoms with Gasteiger partial charge in [0.25, 0.3) is 0 Å². The molecule has 5 nitrogen and oxygen atoms in total. The van der Waals surface area contributed by atoms with E-state index >= 15 is 0 Å². The molecule has 0 fully saturated rings. The molecule has 0 aliphatic heterocycles. The molecule has 1 aliphatic carbocycles. The van der Waals surface area contributed by atoms with Crippen LogP contribution in [-0.4, -0.2) is 27.9 Å². The minimum atomic E-state index is -0.342. The van der Waals surface area contributed by atoms with Crippen LogP contribution >= 0.6 is 0 Å². The lowest BCUT2D eigenvalue weighted by molar-refractivity contribution is 0.0519. The van der Waals surface area contributed by atoms with Crippen LogP contribution in [-0.2, 0) is 17.7 Å². The second-order valence-corrected chi connectivity index (χ2v) is 8.34. The van der Waals surface area contributed by atoms with E-state index in [0.29, 0.717) is 18.7 Å². The van der Waals surface area contributed by atoms with Crippen molar-refractivity contribution in [3.8, 4) is 0 Å². The summed E-state index contributed by atoms with van der Waals surface area (Å²) in [4.78, 5) is 28.7. The van der Waals surface area contributed by atoms with Gasteiger partial charge in [0, 0.05) is 40.5 Å². The van der Waals surface area contributed by atoms with Crippen molar-refractivity contribution in [3.05, 3.63) is 70.0 Å². The number of H-pyrrole nitrogens is 1. The number of fused-ring (bicyclic) bond motifs is 4. The first-order valence-electron chi connectivity index (χ1n) is 10.9. The highest BCUT2D eigenvalue weighted by Crippen LogP contribution is 2.39. The highest BCUT2D eigenvalue weighted by Gasteiger charge is 2.28. The van der Waals surface area contributed by atoms with E-state index in [-0.39, 0.29) is 11.8 Å². The average Bonchev–Trinajstić information content (AvgIpc) is 3.26. The van der Waals surface area contributed by atoms with Gasteiger partial charge in [-0.15, -0.1) is 0 Å². The second kappa shape index (κ2) is 7.41. The van der Waals surface area contributed by atoms with Crippen LogP contribution < -0.4 is 0 Å². The molecule has 0 saturated heterocycles. The molecule has 1 N–H and O–H groups in total. The summed E-state index contributed by atoms with van der Waals surface area (Å²) >= 11 is 0. The zero-order valence-corrected chi connectivity index (χ0v) is 18.2. The second-order valence-electron chi connectivity index (χ2n) is 8.34. The van der Waals surface area contributed by atoms with Crippen molar-refractivity contribution in [3.63, 3.8) is 0 Å². The molecular weight excluding hydrogens is 388 g/mol. The number of ketones is 1. The summed E-state index contributed by atoms with van der Waals surface area (Å²) < 4.78 is 7.56. The molecule has 2 aromatic carbocycles. The number of carbonyl (C=O) groups excluding carboxylic acids is 2. The first kappa shape index (κ1) is 19.6. The number of ether oxygens (including phenoxy) is 1. The standard InChI is InChI=1S/C26H26N2O3/c1-4-31-26(30)24-15(2)22-16(3)25-18(13-19(22)27-24)23-20(11-8-12-21(23)29)28(25)14-17-9-6-5-7-10-17/h5-7,9-10,13,27H,4,8,11-12,14H2,1-3H3. The van der Waals surface area contributed by atoms with E-state index in [9.17, 15) is 9.59 Å². The number of carbonyl (C=O) groups is 2. The van der Waals surface area contributed by atoms with Crippen molar-refractivity contribution in [1.82, 2.24) is 9.55 Å². The molecule has 2 aromatic heterocycles. The number of nitrogens with zero attached hydrogens (tertiary/aromatic N) is 1. The number of hydrogen-bond acceptors (Lipinski definition) is 3. The van der Waals surface area contributed by atoms with Crippen molar-refractivity contribution in [2.45, 2.75) is 46.6 Å². The third-order valence-electron chi connectivity index (χ3n) is 6.47. The molecule has 0 radical (unpaired) electrons. The number of aromatic amines is 1. The Hall–Kier alpha value is -3.34. The first-order chi connectivity index (χ1) is 15.0. The number of rotatable bonds is 4. The van der Waals surface area contributed by atoms with Crippen molar-refractivity contribution >= 4 is 33.6 Å². The summed E-state index contributed by atoms with van der Waals surface area (Å²) in [6.07, 6.45) is 2.38. The molecule has 2 heterocycles. The Balaban J connectivity index is 1.82. The van der Waals surface area contributed by atoms with Crippen LogP contribution in [0.15, 0.2) is 36.4 Å². The molecule has 0 saturated carbocycles. The Bertz CT molecular complexity index is 1340. The summed E-state index contributed by atoms with van der Waals surface area (Å²) in [6, 6.07) is 12.4. The SMILES string of the molecule is CCOC(=O)c1[nH]c2cc3c4c(n(Cc5ccccc5)c3c(C)c2c1C)CCCC4=O. The number of aromatic nitrogens is 2. The third kappa shape index (κ3) is 2.99. The van der Waals surface area contributed by atoms with E-state index in [4.69, 9.17) is 4.74 Å². The van der Waals surface area contributed by atoms with Gasteiger partial charge in [0.15, 0.2) is 5.78 Å². The van der Waals surface area contributed by atoms with Gasteiger partial charge >= 0.3 is 5.97 Å². The van der Waals surface area contributed by atoms with E-state index < -0.39 is 0 Å². The van der Waals surface area contributed by atoms with Gasteiger partial charge in [-0.1, -0.05) is 30.3 Å². The normalized spacial score (nSPS) is 13.7.